The minimum atomic E-state index is -0.516. The minimum Gasteiger partial charge on any atom is -0.477 e. The van der Waals surface area contributed by atoms with Gasteiger partial charge in [-0.1, -0.05) is 0 Å². The summed E-state index contributed by atoms with van der Waals surface area (Å²) in [5, 5.41) is 6.20. The van der Waals surface area contributed by atoms with Crippen LogP contribution in [0.5, 0.6) is 5.88 Å². The van der Waals surface area contributed by atoms with Crippen LogP contribution in [-0.4, -0.2) is 57.0 Å². The number of anilines is 2. The van der Waals surface area contributed by atoms with Gasteiger partial charge in [-0.2, -0.15) is 4.98 Å². The van der Waals surface area contributed by atoms with Gasteiger partial charge in [-0.25, -0.2) is 14.4 Å². The lowest BCUT2D eigenvalue weighted by Crippen LogP contribution is -2.60. The van der Waals surface area contributed by atoms with E-state index in [1.165, 1.54) is 18.7 Å². The number of hydrogen-bond donors (Lipinski definition) is 2. The molecule has 5 rings (SSSR count). The molecule has 2 unspecified atom stereocenters. The van der Waals surface area contributed by atoms with Crippen LogP contribution in [0.1, 0.15) is 42.2 Å². The molecule has 3 aromatic heterocycles. The van der Waals surface area contributed by atoms with Gasteiger partial charge in [0.15, 0.2) is 11.5 Å². The van der Waals surface area contributed by atoms with E-state index >= 15 is 0 Å². The predicted octanol–water partition coefficient (Wildman–Crippen LogP) is 2.55. The van der Waals surface area contributed by atoms with E-state index in [1.807, 2.05) is 6.92 Å². The summed E-state index contributed by atoms with van der Waals surface area (Å²) in [5.41, 5.74) is 1.41. The van der Waals surface area contributed by atoms with Gasteiger partial charge in [-0.05, 0) is 33.1 Å². The van der Waals surface area contributed by atoms with Crippen molar-refractivity contribution in [1.29, 1.82) is 0 Å². The van der Waals surface area contributed by atoms with Crippen LogP contribution < -0.4 is 20.3 Å². The van der Waals surface area contributed by atoms with Gasteiger partial charge < -0.3 is 24.7 Å². The van der Waals surface area contributed by atoms with E-state index in [-0.39, 0.29) is 17.1 Å². The lowest BCUT2D eigenvalue weighted by molar-refractivity contribution is 0.102. The number of halogens is 1. The fourth-order valence-electron chi connectivity index (χ4n) is 4.64. The first kappa shape index (κ1) is 20.6. The predicted molar refractivity (Wildman–Crippen MR) is 118 cm³/mol. The number of amides is 1. The van der Waals surface area contributed by atoms with Crippen molar-refractivity contribution in [1.82, 2.24) is 24.7 Å². The van der Waals surface area contributed by atoms with Crippen molar-refractivity contribution in [2.75, 3.05) is 29.9 Å². The second-order valence-corrected chi connectivity index (χ2v) is 8.27. The topological polar surface area (TPSA) is 96.7 Å². The number of piperazine rings is 1. The van der Waals surface area contributed by atoms with E-state index in [0.717, 1.165) is 25.9 Å². The number of nitrogens with zero attached hydrogens (tertiary/aromatic N) is 5. The maximum absolute atomic E-state index is 14.4. The van der Waals surface area contributed by atoms with Crippen LogP contribution in [0.4, 0.5) is 16.0 Å². The van der Waals surface area contributed by atoms with E-state index in [4.69, 9.17) is 4.74 Å². The first-order valence-electron chi connectivity index (χ1n) is 11.0. The normalized spacial score (nSPS) is 20.4. The Balaban J connectivity index is 1.43. The number of carbonyl (C=O) groups is 1. The summed E-state index contributed by atoms with van der Waals surface area (Å²) in [4.78, 5) is 28.5. The first-order valence-corrected chi connectivity index (χ1v) is 11.0. The quantitative estimate of drug-likeness (QED) is 0.631. The molecule has 10 heteroatoms. The van der Waals surface area contributed by atoms with E-state index in [1.54, 1.807) is 23.7 Å². The van der Waals surface area contributed by atoms with Gasteiger partial charge in [0.2, 0.25) is 11.8 Å². The lowest BCUT2D eigenvalue weighted by atomic mass is 9.93. The molecule has 0 spiro atoms. The average molecular weight is 439 g/mol. The zero-order chi connectivity index (χ0) is 22.2. The number of ether oxygens (including phenoxy) is 1. The Labute approximate surface area is 185 Å². The summed E-state index contributed by atoms with van der Waals surface area (Å²) in [5.74, 6) is -0.164. The van der Waals surface area contributed by atoms with Crippen molar-refractivity contribution >= 4 is 23.2 Å². The van der Waals surface area contributed by atoms with Crippen LogP contribution in [0, 0.1) is 12.7 Å². The number of rotatable bonds is 5. The molecule has 0 aliphatic carbocycles. The number of nitrogens with one attached hydrogen (secondary N) is 2. The van der Waals surface area contributed by atoms with Crippen LogP contribution in [-0.2, 0) is 0 Å². The smallest absolute Gasteiger partial charge is 0.262 e. The summed E-state index contributed by atoms with van der Waals surface area (Å²) in [6.45, 7) is 5.78. The molecule has 0 aromatic carbocycles. The van der Waals surface area contributed by atoms with E-state index in [0.29, 0.717) is 36.0 Å². The Morgan fingerprint density at radius 1 is 1.28 bits per heavy atom. The third-order valence-corrected chi connectivity index (χ3v) is 6.00. The number of aryl methyl sites for hydroxylation is 1. The molecule has 2 saturated heterocycles. The Morgan fingerprint density at radius 3 is 2.81 bits per heavy atom. The Bertz CT molecular complexity index is 1140. The molecule has 2 fully saturated rings. The second-order valence-electron chi connectivity index (χ2n) is 8.27. The van der Waals surface area contributed by atoms with Gasteiger partial charge in [0.05, 0.1) is 18.0 Å². The van der Waals surface area contributed by atoms with Gasteiger partial charge in [0.1, 0.15) is 5.56 Å². The maximum atomic E-state index is 14.4. The molecule has 0 radical (unpaired) electrons. The van der Waals surface area contributed by atoms with Crippen LogP contribution in [0.3, 0.4) is 0 Å². The van der Waals surface area contributed by atoms with Gasteiger partial charge in [0, 0.05) is 49.8 Å². The van der Waals surface area contributed by atoms with Crippen molar-refractivity contribution in [3.63, 3.8) is 0 Å². The minimum absolute atomic E-state index is 0.207. The molecular formula is C22H26FN7O2. The van der Waals surface area contributed by atoms with Crippen molar-refractivity contribution in [2.24, 2.45) is 0 Å². The van der Waals surface area contributed by atoms with E-state index < -0.39 is 11.7 Å². The van der Waals surface area contributed by atoms with Gasteiger partial charge in [-0.15, -0.1) is 0 Å². The highest BCUT2D eigenvalue weighted by Gasteiger charge is 2.36. The number of pyridine rings is 1. The molecule has 168 valence electrons. The summed E-state index contributed by atoms with van der Waals surface area (Å²) < 4.78 is 21.6. The van der Waals surface area contributed by atoms with Crippen molar-refractivity contribution in [3.8, 4) is 5.88 Å². The zero-order valence-electron chi connectivity index (χ0n) is 18.1. The highest BCUT2D eigenvalue weighted by molar-refractivity contribution is 6.05. The number of fused-ring (bicyclic) bond motifs is 3. The molecule has 3 aromatic rings. The van der Waals surface area contributed by atoms with Crippen LogP contribution in [0.2, 0.25) is 0 Å². The van der Waals surface area contributed by atoms with Crippen molar-refractivity contribution in [3.05, 3.63) is 41.7 Å². The molecule has 2 aliphatic rings. The zero-order valence-corrected chi connectivity index (χ0v) is 18.1. The molecule has 2 atom stereocenters. The van der Waals surface area contributed by atoms with Crippen LogP contribution >= 0.6 is 0 Å². The van der Waals surface area contributed by atoms with Crippen molar-refractivity contribution < 1.29 is 13.9 Å². The fraction of sp³-hybridized carbons (Fsp3) is 0.455. The Hall–Kier alpha value is -3.27. The monoisotopic (exact) mass is 439 g/mol. The molecule has 1 amide bonds. The highest BCUT2D eigenvalue weighted by Crippen LogP contribution is 2.30. The van der Waals surface area contributed by atoms with Gasteiger partial charge in [0.25, 0.3) is 5.91 Å². The standard InChI is InChI=1S/C22H26FN7O2/c1-3-32-21-17(10-25-22(28-21)30-15-5-4-6-16(30)9-24-8-15)20(31)27-14-7-18(23)19-26-13(2)11-29(19)12-14/h7,10-12,15-16,24H,3-6,8-9H2,1-2H3,(H,27,31). The van der Waals surface area contributed by atoms with Crippen molar-refractivity contribution in [2.45, 2.75) is 45.2 Å². The molecule has 5 heterocycles. The SMILES string of the molecule is CCOc1nc(N2C3CCCC2CNC3)ncc1C(=O)Nc1cc(F)c2nc(C)cn2c1. The highest BCUT2D eigenvalue weighted by atomic mass is 19.1. The van der Waals surface area contributed by atoms with E-state index in [9.17, 15) is 9.18 Å². The number of carbonyl (C=O) groups excluding carboxylic acids is 1. The van der Waals surface area contributed by atoms with Crippen LogP contribution in [0.15, 0.2) is 24.7 Å². The van der Waals surface area contributed by atoms with E-state index in [2.05, 4.69) is 30.5 Å². The molecule has 2 aliphatic heterocycles. The number of imidazole rings is 1. The summed E-state index contributed by atoms with van der Waals surface area (Å²) in [6.07, 6.45) is 8.18. The molecule has 2 bridgehead atoms. The third kappa shape index (κ3) is 3.75. The largest absolute Gasteiger partial charge is 0.477 e. The molecule has 32 heavy (non-hydrogen) atoms. The van der Waals surface area contributed by atoms with Crippen LogP contribution in [0.25, 0.3) is 5.65 Å². The number of piperidine rings is 1. The van der Waals surface area contributed by atoms with Gasteiger partial charge >= 0.3 is 0 Å². The summed E-state index contributed by atoms with van der Waals surface area (Å²) in [6, 6.07) is 1.92. The Morgan fingerprint density at radius 2 is 2.06 bits per heavy atom. The van der Waals surface area contributed by atoms with Gasteiger partial charge in [-0.3, -0.25) is 4.79 Å². The number of aromatic nitrogens is 4. The fourth-order valence-corrected chi connectivity index (χ4v) is 4.64. The maximum Gasteiger partial charge on any atom is 0.262 e. The lowest BCUT2D eigenvalue weighted by Gasteiger charge is -2.46. The molecular weight excluding hydrogens is 413 g/mol. The average Bonchev–Trinajstić information content (AvgIpc) is 3.14. The summed E-state index contributed by atoms with van der Waals surface area (Å²) in [7, 11) is 0. The summed E-state index contributed by atoms with van der Waals surface area (Å²) >= 11 is 0. The number of hydrogen-bond acceptors (Lipinski definition) is 7. The molecule has 2 N–H and O–H groups in total. The third-order valence-electron chi connectivity index (χ3n) is 6.00. The Kier molecular flexibility index (Phi) is 5.38. The first-order chi connectivity index (χ1) is 15.5. The second kappa shape index (κ2) is 8.34. The molecule has 9 nitrogen and oxygen atoms in total. The molecule has 0 saturated carbocycles.